The molecule has 0 saturated heterocycles. The fourth-order valence-corrected chi connectivity index (χ4v) is 1.99. The molecule has 1 aliphatic heterocycles. The molecule has 0 fully saturated rings. The number of rotatable bonds is 1. The summed E-state index contributed by atoms with van der Waals surface area (Å²) < 4.78 is 5.36. The van der Waals surface area contributed by atoms with Crippen LogP contribution in [0.4, 0.5) is 0 Å². The second-order valence-corrected chi connectivity index (χ2v) is 4.16. The van der Waals surface area contributed by atoms with E-state index >= 15 is 0 Å². The summed E-state index contributed by atoms with van der Waals surface area (Å²) in [6.07, 6.45) is 4.66. The molecule has 1 aromatic heterocycles. The number of nitrogens with zero attached hydrogens (tertiary/aromatic N) is 1. The lowest BCUT2D eigenvalue weighted by Gasteiger charge is -2.18. The molecule has 1 aliphatic rings. The van der Waals surface area contributed by atoms with Gasteiger partial charge in [-0.05, 0) is 18.4 Å². The van der Waals surface area contributed by atoms with E-state index in [1.165, 1.54) is 0 Å². The summed E-state index contributed by atoms with van der Waals surface area (Å²) in [7, 11) is 0. The SMILES string of the molecule is CS/C1=N/C(c2ccco2)NCNCC1. The molecule has 0 spiro atoms. The van der Waals surface area contributed by atoms with Crippen molar-refractivity contribution in [2.75, 3.05) is 19.5 Å². The summed E-state index contributed by atoms with van der Waals surface area (Å²) in [5.41, 5.74) is 0. The van der Waals surface area contributed by atoms with Gasteiger partial charge in [0.1, 0.15) is 5.76 Å². The van der Waals surface area contributed by atoms with Gasteiger partial charge in [0, 0.05) is 19.6 Å². The average molecular weight is 225 g/mol. The largest absolute Gasteiger partial charge is 0.466 e. The van der Waals surface area contributed by atoms with E-state index in [1.807, 2.05) is 12.1 Å². The minimum absolute atomic E-state index is 0.0600. The summed E-state index contributed by atoms with van der Waals surface area (Å²) >= 11 is 1.70. The van der Waals surface area contributed by atoms with E-state index in [0.717, 1.165) is 30.4 Å². The van der Waals surface area contributed by atoms with Crippen molar-refractivity contribution in [2.45, 2.75) is 12.6 Å². The van der Waals surface area contributed by atoms with E-state index in [-0.39, 0.29) is 6.17 Å². The number of hydrogen-bond acceptors (Lipinski definition) is 5. The minimum Gasteiger partial charge on any atom is -0.466 e. The lowest BCUT2D eigenvalue weighted by atomic mass is 10.3. The van der Waals surface area contributed by atoms with Crippen molar-refractivity contribution in [2.24, 2.45) is 4.99 Å². The molecule has 2 N–H and O–H groups in total. The van der Waals surface area contributed by atoms with E-state index in [1.54, 1.807) is 18.0 Å². The van der Waals surface area contributed by atoms with Crippen LogP contribution >= 0.6 is 11.8 Å². The molecular weight excluding hydrogens is 210 g/mol. The number of furan rings is 1. The van der Waals surface area contributed by atoms with Crippen molar-refractivity contribution in [3.8, 4) is 0 Å². The topological polar surface area (TPSA) is 49.6 Å². The molecule has 2 rings (SSSR count). The second kappa shape index (κ2) is 5.34. The highest BCUT2D eigenvalue weighted by atomic mass is 32.2. The summed E-state index contributed by atoms with van der Waals surface area (Å²) in [6.45, 7) is 1.73. The molecule has 0 amide bonds. The predicted molar refractivity (Wildman–Crippen MR) is 63.0 cm³/mol. The first kappa shape index (κ1) is 10.7. The quantitative estimate of drug-likeness (QED) is 0.762. The highest BCUT2D eigenvalue weighted by molar-refractivity contribution is 8.13. The molecule has 1 atom stereocenters. The summed E-state index contributed by atoms with van der Waals surface area (Å²) in [5.74, 6) is 0.866. The summed E-state index contributed by atoms with van der Waals surface area (Å²) in [4.78, 5) is 4.63. The highest BCUT2D eigenvalue weighted by Gasteiger charge is 2.14. The molecule has 15 heavy (non-hydrogen) atoms. The Morgan fingerprint density at radius 3 is 3.27 bits per heavy atom. The lowest BCUT2D eigenvalue weighted by Crippen LogP contribution is -2.34. The van der Waals surface area contributed by atoms with Gasteiger partial charge < -0.3 is 9.73 Å². The molecule has 1 unspecified atom stereocenters. The van der Waals surface area contributed by atoms with Gasteiger partial charge >= 0.3 is 0 Å². The van der Waals surface area contributed by atoms with Gasteiger partial charge in [0.05, 0.1) is 11.3 Å². The normalized spacial score (nSPS) is 26.5. The number of hydrogen-bond donors (Lipinski definition) is 2. The Balaban J connectivity index is 2.16. The Morgan fingerprint density at radius 2 is 2.53 bits per heavy atom. The van der Waals surface area contributed by atoms with E-state index in [4.69, 9.17) is 4.42 Å². The van der Waals surface area contributed by atoms with Crippen LogP contribution in [0.1, 0.15) is 18.3 Å². The van der Waals surface area contributed by atoms with Crippen LogP contribution in [0.2, 0.25) is 0 Å². The molecule has 82 valence electrons. The molecule has 0 aromatic carbocycles. The van der Waals surface area contributed by atoms with Crippen LogP contribution in [0.5, 0.6) is 0 Å². The molecule has 0 saturated carbocycles. The van der Waals surface area contributed by atoms with Gasteiger partial charge in [0.15, 0.2) is 6.17 Å². The zero-order chi connectivity index (χ0) is 10.5. The van der Waals surface area contributed by atoms with Gasteiger partial charge in [-0.2, -0.15) is 0 Å². The van der Waals surface area contributed by atoms with Crippen molar-refractivity contribution in [1.82, 2.24) is 10.6 Å². The van der Waals surface area contributed by atoms with Crippen LogP contribution in [-0.2, 0) is 0 Å². The smallest absolute Gasteiger partial charge is 0.160 e. The average Bonchev–Trinajstić information content (AvgIpc) is 2.71. The van der Waals surface area contributed by atoms with Gasteiger partial charge in [0.25, 0.3) is 0 Å². The highest BCUT2D eigenvalue weighted by Crippen LogP contribution is 2.18. The molecule has 2 heterocycles. The molecule has 0 aliphatic carbocycles. The van der Waals surface area contributed by atoms with E-state index < -0.39 is 0 Å². The van der Waals surface area contributed by atoms with E-state index in [9.17, 15) is 0 Å². The van der Waals surface area contributed by atoms with Crippen molar-refractivity contribution in [1.29, 1.82) is 0 Å². The van der Waals surface area contributed by atoms with Gasteiger partial charge in [-0.15, -0.1) is 11.8 Å². The number of nitrogens with one attached hydrogen (secondary N) is 2. The molecule has 0 bridgehead atoms. The van der Waals surface area contributed by atoms with Crippen LogP contribution in [0.3, 0.4) is 0 Å². The van der Waals surface area contributed by atoms with Gasteiger partial charge in [0.2, 0.25) is 0 Å². The Kier molecular flexibility index (Phi) is 3.82. The number of thioether (sulfide) groups is 1. The molecule has 5 heteroatoms. The lowest BCUT2D eigenvalue weighted by molar-refractivity contribution is 0.406. The molecule has 0 radical (unpaired) electrons. The fourth-order valence-electron chi connectivity index (χ4n) is 1.47. The van der Waals surface area contributed by atoms with E-state index in [2.05, 4.69) is 21.9 Å². The maximum absolute atomic E-state index is 5.36. The standard InChI is InChI=1S/C10H15N3OS/c1-15-9-4-5-11-7-12-10(13-9)8-3-2-6-14-8/h2-3,6,10-12H,4-5,7H2,1H3/b13-9+. The van der Waals surface area contributed by atoms with Crippen LogP contribution in [0.15, 0.2) is 27.8 Å². The Hall–Kier alpha value is -0.780. The van der Waals surface area contributed by atoms with Crippen molar-refractivity contribution >= 4 is 16.8 Å². The predicted octanol–water partition coefficient (Wildman–Crippen LogP) is 1.58. The van der Waals surface area contributed by atoms with E-state index in [0.29, 0.717) is 0 Å². The Morgan fingerprint density at radius 1 is 1.60 bits per heavy atom. The first-order valence-corrected chi connectivity index (χ1v) is 6.21. The third-order valence-corrected chi connectivity index (χ3v) is 3.04. The van der Waals surface area contributed by atoms with Crippen LogP contribution < -0.4 is 10.6 Å². The summed E-state index contributed by atoms with van der Waals surface area (Å²) in [5, 5.41) is 7.73. The van der Waals surface area contributed by atoms with Crippen molar-refractivity contribution < 1.29 is 4.42 Å². The monoisotopic (exact) mass is 225 g/mol. The number of aliphatic imine (C=N–C) groups is 1. The third-order valence-electron chi connectivity index (χ3n) is 2.26. The van der Waals surface area contributed by atoms with Crippen LogP contribution in [0.25, 0.3) is 0 Å². The van der Waals surface area contributed by atoms with Crippen molar-refractivity contribution in [3.63, 3.8) is 0 Å². The zero-order valence-corrected chi connectivity index (χ0v) is 9.51. The first-order chi connectivity index (χ1) is 7.40. The second-order valence-electron chi connectivity index (χ2n) is 3.28. The first-order valence-electron chi connectivity index (χ1n) is 4.98. The maximum atomic E-state index is 5.36. The molecule has 1 aromatic rings. The maximum Gasteiger partial charge on any atom is 0.160 e. The van der Waals surface area contributed by atoms with Gasteiger partial charge in [-0.1, -0.05) is 0 Å². The fraction of sp³-hybridized carbons (Fsp3) is 0.500. The minimum atomic E-state index is -0.0600. The van der Waals surface area contributed by atoms with Gasteiger partial charge in [-0.25, -0.2) is 0 Å². The Bertz CT molecular complexity index is 323. The third kappa shape index (κ3) is 2.84. The van der Waals surface area contributed by atoms with Crippen molar-refractivity contribution in [3.05, 3.63) is 24.2 Å². The van der Waals surface area contributed by atoms with Crippen LogP contribution in [0, 0.1) is 0 Å². The van der Waals surface area contributed by atoms with Crippen LogP contribution in [-0.4, -0.2) is 24.5 Å². The summed E-state index contributed by atoms with van der Waals surface area (Å²) in [6, 6.07) is 3.83. The molecule has 4 nitrogen and oxygen atoms in total. The van der Waals surface area contributed by atoms with Gasteiger partial charge in [-0.3, -0.25) is 10.3 Å². The molecular formula is C10H15N3OS. The zero-order valence-electron chi connectivity index (χ0n) is 8.69. The Labute approximate surface area is 93.5 Å².